The minimum absolute atomic E-state index is 0.0794. The lowest BCUT2D eigenvalue weighted by Gasteiger charge is -2.48. The average molecular weight is 224 g/mol. The van der Waals surface area contributed by atoms with Gasteiger partial charge >= 0.3 is 0 Å². The van der Waals surface area contributed by atoms with E-state index in [2.05, 4.69) is 27.7 Å². The highest BCUT2D eigenvalue weighted by Gasteiger charge is 2.70. The molecule has 3 aliphatic rings. The van der Waals surface area contributed by atoms with Gasteiger partial charge in [0.25, 0.3) is 0 Å². The molecule has 0 unspecified atom stereocenters. The quantitative estimate of drug-likeness (QED) is 0.731. The van der Waals surface area contributed by atoms with Gasteiger partial charge in [-0.2, -0.15) is 0 Å². The second-order valence-electron chi connectivity index (χ2n) is 7.08. The Morgan fingerprint density at radius 2 is 1.94 bits per heavy atom. The van der Waals surface area contributed by atoms with Crippen molar-refractivity contribution < 1.29 is 9.84 Å². The van der Waals surface area contributed by atoms with Gasteiger partial charge in [-0.05, 0) is 30.6 Å². The SMILES string of the molecule is C[C@@H]([C@H]1CO1)[C@@]1(O)C[C@H]2CC[C@]1(C)C2(C)C. The van der Waals surface area contributed by atoms with Crippen molar-refractivity contribution in [2.24, 2.45) is 22.7 Å². The zero-order chi connectivity index (χ0) is 11.8. The van der Waals surface area contributed by atoms with E-state index < -0.39 is 5.60 Å². The van der Waals surface area contributed by atoms with Gasteiger partial charge in [0.2, 0.25) is 0 Å². The zero-order valence-electron chi connectivity index (χ0n) is 10.9. The van der Waals surface area contributed by atoms with E-state index in [1.54, 1.807) is 0 Å². The van der Waals surface area contributed by atoms with Gasteiger partial charge in [-0.1, -0.05) is 27.7 Å². The molecule has 0 amide bonds. The first-order valence-corrected chi connectivity index (χ1v) is 6.67. The van der Waals surface area contributed by atoms with Gasteiger partial charge in [-0.15, -0.1) is 0 Å². The predicted octanol–water partition coefficient (Wildman–Crippen LogP) is 2.60. The van der Waals surface area contributed by atoms with Gasteiger partial charge in [0.1, 0.15) is 0 Å². The Bertz CT molecular complexity index is 321. The maximum absolute atomic E-state index is 11.2. The van der Waals surface area contributed by atoms with Crippen molar-refractivity contribution in [3.63, 3.8) is 0 Å². The molecule has 1 aliphatic heterocycles. The number of hydrogen-bond acceptors (Lipinski definition) is 2. The van der Waals surface area contributed by atoms with Crippen molar-refractivity contribution in [1.82, 2.24) is 0 Å². The van der Waals surface area contributed by atoms with E-state index in [1.807, 2.05) is 0 Å². The maximum Gasteiger partial charge on any atom is 0.0863 e. The molecule has 2 nitrogen and oxygen atoms in total. The highest BCUT2D eigenvalue weighted by molar-refractivity contribution is 5.20. The summed E-state index contributed by atoms with van der Waals surface area (Å²) in [6, 6.07) is 0. The molecule has 2 heteroatoms. The summed E-state index contributed by atoms with van der Waals surface area (Å²) in [5.74, 6) is 0.991. The second kappa shape index (κ2) is 2.84. The van der Waals surface area contributed by atoms with Crippen LogP contribution in [0.5, 0.6) is 0 Å². The normalized spacial score (nSPS) is 55.3. The first-order valence-electron chi connectivity index (χ1n) is 6.67. The van der Waals surface area contributed by atoms with E-state index in [0.717, 1.165) is 13.0 Å². The topological polar surface area (TPSA) is 32.8 Å². The molecule has 3 rings (SSSR count). The third-order valence-corrected chi connectivity index (χ3v) is 6.62. The summed E-state index contributed by atoms with van der Waals surface area (Å²) < 4.78 is 5.41. The molecule has 92 valence electrons. The predicted molar refractivity (Wildman–Crippen MR) is 63.1 cm³/mol. The van der Waals surface area contributed by atoms with Crippen LogP contribution in [-0.4, -0.2) is 23.4 Å². The molecule has 0 aromatic carbocycles. The average Bonchev–Trinajstić information content (AvgIpc) is 2.99. The van der Waals surface area contributed by atoms with E-state index in [-0.39, 0.29) is 10.8 Å². The highest BCUT2D eigenvalue weighted by atomic mass is 16.6. The van der Waals surface area contributed by atoms with E-state index in [0.29, 0.717) is 17.9 Å². The Kier molecular flexibility index (Phi) is 1.96. The lowest BCUT2D eigenvalue weighted by molar-refractivity contribution is -0.130. The third kappa shape index (κ3) is 1.01. The monoisotopic (exact) mass is 224 g/mol. The van der Waals surface area contributed by atoms with Crippen LogP contribution in [0.3, 0.4) is 0 Å². The Morgan fingerprint density at radius 1 is 1.31 bits per heavy atom. The summed E-state index contributed by atoms with van der Waals surface area (Å²) in [6.45, 7) is 10.0. The number of hydrogen-bond donors (Lipinski definition) is 1. The van der Waals surface area contributed by atoms with Crippen LogP contribution in [0.2, 0.25) is 0 Å². The standard InChI is InChI=1S/C14H24O2/c1-9(11-8-16-11)14(15)7-10-5-6-13(14,4)12(10,2)3/h9-11,15H,5-8H2,1-4H3/t9-,10+,11+,13+,14-/m0/s1. The fourth-order valence-electron chi connectivity index (χ4n) is 4.67. The molecule has 1 N–H and O–H groups in total. The fraction of sp³-hybridized carbons (Fsp3) is 1.00. The number of ether oxygens (including phenoxy) is 1. The molecule has 2 aliphatic carbocycles. The van der Waals surface area contributed by atoms with Crippen molar-refractivity contribution in [3.8, 4) is 0 Å². The zero-order valence-corrected chi connectivity index (χ0v) is 10.9. The minimum Gasteiger partial charge on any atom is -0.389 e. The maximum atomic E-state index is 11.2. The van der Waals surface area contributed by atoms with E-state index in [4.69, 9.17) is 4.74 Å². The molecule has 3 fully saturated rings. The molecule has 0 aromatic rings. The Hall–Kier alpha value is -0.0800. The molecule has 0 aromatic heterocycles. The molecule has 5 atom stereocenters. The van der Waals surface area contributed by atoms with Gasteiger partial charge in [-0.3, -0.25) is 0 Å². The summed E-state index contributed by atoms with van der Waals surface area (Å²) in [6.07, 6.45) is 3.77. The summed E-state index contributed by atoms with van der Waals surface area (Å²) in [5.41, 5.74) is -0.137. The highest BCUT2D eigenvalue weighted by Crippen LogP contribution is 2.71. The van der Waals surface area contributed by atoms with Crippen molar-refractivity contribution in [1.29, 1.82) is 0 Å². The van der Waals surface area contributed by atoms with Crippen LogP contribution in [0.25, 0.3) is 0 Å². The van der Waals surface area contributed by atoms with E-state index in [9.17, 15) is 5.11 Å². The van der Waals surface area contributed by atoms with Crippen molar-refractivity contribution >= 4 is 0 Å². The number of aliphatic hydroxyl groups is 1. The van der Waals surface area contributed by atoms with Crippen molar-refractivity contribution in [2.75, 3.05) is 6.61 Å². The number of epoxide rings is 1. The van der Waals surface area contributed by atoms with Crippen molar-refractivity contribution in [2.45, 2.75) is 58.7 Å². The minimum atomic E-state index is -0.499. The summed E-state index contributed by atoms with van der Waals surface area (Å²) in [7, 11) is 0. The molecule has 2 bridgehead atoms. The van der Waals surface area contributed by atoms with E-state index >= 15 is 0 Å². The second-order valence-corrected chi connectivity index (χ2v) is 7.08. The first-order chi connectivity index (χ1) is 7.33. The van der Waals surface area contributed by atoms with Crippen molar-refractivity contribution in [3.05, 3.63) is 0 Å². The lowest BCUT2D eigenvalue weighted by Crippen LogP contribution is -2.53. The van der Waals surface area contributed by atoms with Crippen LogP contribution in [0.15, 0.2) is 0 Å². The molecule has 2 saturated carbocycles. The Labute approximate surface area is 98.4 Å². The fourth-order valence-corrected chi connectivity index (χ4v) is 4.67. The Morgan fingerprint density at radius 3 is 2.31 bits per heavy atom. The van der Waals surface area contributed by atoms with Crippen LogP contribution < -0.4 is 0 Å². The van der Waals surface area contributed by atoms with Crippen LogP contribution in [0.4, 0.5) is 0 Å². The van der Waals surface area contributed by atoms with Gasteiger partial charge in [0.05, 0.1) is 18.3 Å². The van der Waals surface area contributed by atoms with Crippen LogP contribution >= 0.6 is 0 Å². The molecule has 16 heavy (non-hydrogen) atoms. The van der Waals surface area contributed by atoms with Gasteiger partial charge in [0, 0.05) is 11.3 Å². The third-order valence-electron chi connectivity index (χ3n) is 6.62. The summed E-state index contributed by atoms with van der Waals surface area (Å²) >= 11 is 0. The van der Waals surface area contributed by atoms with Gasteiger partial charge in [-0.25, -0.2) is 0 Å². The van der Waals surface area contributed by atoms with E-state index in [1.165, 1.54) is 12.8 Å². The summed E-state index contributed by atoms with van der Waals surface area (Å²) in [4.78, 5) is 0. The smallest absolute Gasteiger partial charge is 0.0863 e. The van der Waals surface area contributed by atoms with Crippen LogP contribution in [0, 0.1) is 22.7 Å². The lowest BCUT2D eigenvalue weighted by atomic mass is 9.60. The largest absolute Gasteiger partial charge is 0.389 e. The molecule has 1 saturated heterocycles. The van der Waals surface area contributed by atoms with Crippen LogP contribution in [-0.2, 0) is 4.74 Å². The van der Waals surface area contributed by atoms with Crippen LogP contribution in [0.1, 0.15) is 47.0 Å². The number of fused-ring (bicyclic) bond motifs is 2. The number of rotatable bonds is 2. The first kappa shape index (κ1) is 11.0. The molecule has 0 radical (unpaired) electrons. The molecular formula is C14H24O2. The van der Waals surface area contributed by atoms with Gasteiger partial charge < -0.3 is 9.84 Å². The molecule has 1 heterocycles. The van der Waals surface area contributed by atoms with Gasteiger partial charge in [0.15, 0.2) is 0 Å². The Balaban J connectivity index is 1.98. The molecular weight excluding hydrogens is 200 g/mol. The molecule has 0 spiro atoms. The summed E-state index contributed by atoms with van der Waals surface area (Å²) in [5, 5.41) is 11.2.